The molecule has 2 bridgehead atoms. The molecule has 6 atom stereocenters. The molecule has 22 heavy (non-hydrogen) atoms. The Morgan fingerprint density at radius 3 is 2.36 bits per heavy atom. The van der Waals surface area contributed by atoms with E-state index in [1.54, 1.807) is 0 Å². The Morgan fingerprint density at radius 2 is 1.77 bits per heavy atom. The highest BCUT2D eigenvalue weighted by molar-refractivity contribution is 5.86. The van der Waals surface area contributed by atoms with Gasteiger partial charge in [-0.2, -0.15) is 0 Å². The lowest BCUT2D eigenvalue weighted by Gasteiger charge is -2.40. The molecule has 2 aliphatic heterocycles. The maximum Gasteiger partial charge on any atom is 0.310 e. The average Bonchev–Trinajstić information content (AvgIpc) is 2.95. The van der Waals surface area contributed by atoms with Gasteiger partial charge in [-0.15, -0.1) is 0 Å². The second kappa shape index (κ2) is 5.52. The molecule has 1 aliphatic carbocycles. The molecule has 1 amide bonds. The molecule has 0 spiro atoms. The smallest absolute Gasteiger partial charge is 0.310 e. The highest BCUT2D eigenvalue weighted by Gasteiger charge is 2.55. The molecule has 124 valence electrons. The monoisotopic (exact) mass is 309 g/mol. The number of carboxylic acids is 1. The summed E-state index contributed by atoms with van der Waals surface area (Å²) >= 11 is 0. The van der Waals surface area contributed by atoms with Gasteiger partial charge < -0.3 is 15.2 Å². The van der Waals surface area contributed by atoms with Gasteiger partial charge in [0.2, 0.25) is 5.91 Å². The number of carbonyl (C=O) groups excluding carboxylic acids is 1. The van der Waals surface area contributed by atoms with Crippen LogP contribution in [0.3, 0.4) is 0 Å². The quantitative estimate of drug-likeness (QED) is 0.838. The van der Waals surface area contributed by atoms with E-state index >= 15 is 0 Å². The van der Waals surface area contributed by atoms with E-state index in [2.05, 4.69) is 26.1 Å². The first kappa shape index (κ1) is 15.8. The highest BCUT2D eigenvalue weighted by Crippen LogP contribution is 2.44. The Labute approximate surface area is 131 Å². The van der Waals surface area contributed by atoms with Crippen LogP contribution in [-0.4, -0.2) is 35.2 Å². The maximum atomic E-state index is 12.7. The summed E-state index contributed by atoms with van der Waals surface area (Å²) in [6.07, 6.45) is 4.20. The first-order chi connectivity index (χ1) is 10.3. The van der Waals surface area contributed by atoms with Crippen molar-refractivity contribution in [2.75, 3.05) is 0 Å². The van der Waals surface area contributed by atoms with E-state index < -0.39 is 17.8 Å². The highest BCUT2D eigenvalue weighted by atomic mass is 16.5. The van der Waals surface area contributed by atoms with Gasteiger partial charge in [0, 0.05) is 6.04 Å². The molecule has 1 saturated carbocycles. The van der Waals surface area contributed by atoms with Crippen molar-refractivity contribution in [3.63, 3.8) is 0 Å². The number of nitrogens with one attached hydrogen (secondary N) is 1. The van der Waals surface area contributed by atoms with Crippen LogP contribution in [-0.2, 0) is 14.3 Å². The summed E-state index contributed by atoms with van der Waals surface area (Å²) in [7, 11) is 0. The molecule has 3 aliphatic rings. The van der Waals surface area contributed by atoms with Crippen LogP contribution in [0.4, 0.5) is 0 Å². The molecule has 0 aromatic rings. The minimum atomic E-state index is -0.898. The third kappa shape index (κ3) is 2.87. The average molecular weight is 309 g/mol. The Morgan fingerprint density at radius 1 is 1.14 bits per heavy atom. The zero-order valence-corrected chi connectivity index (χ0v) is 13.7. The lowest BCUT2D eigenvalue weighted by molar-refractivity contribution is -0.148. The van der Waals surface area contributed by atoms with Crippen LogP contribution in [0, 0.1) is 23.2 Å². The van der Waals surface area contributed by atoms with Crippen LogP contribution >= 0.6 is 0 Å². The van der Waals surface area contributed by atoms with Gasteiger partial charge in [-0.3, -0.25) is 9.59 Å². The second-order valence-electron chi connectivity index (χ2n) is 8.30. The molecule has 3 rings (SSSR count). The zero-order chi connectivity index (χ0) is 16.1. The number of aliphatic carboxylic acids is 1. The molecule has 2 N–H and O–H groups in total. The predicted molar refractivity (Wildman–Crippen MR) is 81.2 cm³/mol. The largest absolute Gasteiger partial charge is 0.481 e. The van der Waals surface area contributed by atoms with Crippen molar-refractivity contribution in [1.29, 1.82) is 0 Å². The fourth-order valence-corrected chi connectivity index (χ4v) is 5.08. The van der Waals surface area contributed by atoms with Crippen molar-refractivity contribution in [3.8, 4) is 0 Å². The number of fused-ring (bicyclic) bond motifs is 2. The van der Waals surface area contributed by atoms with Crippen molar-refractivity contribution in [3.05, 3.63) is 0 Å². The van der Waals surface area contributed by atoms with Crippen molar-refractivity contribution < 1.29 is 19.4 Å². The van der Waals surface area contributed by atoms with E-state index in [0.29, 0.717) is 5.92 Å². The van der Waals surface area contributed by atoms with E-state index in [0.717, 1.165) is 25.7 Å². The van der Waals surface area contributed by atoms with E-state index in [1.807, 2.05) is 0 Å². The van der Waals surface area contributed by atoms with Gasteiger partial charge in [0.25, 0.3) is 0 Å². The molecule has 0 unspecified atom stereocenters. The topological polar surface area (TPSA) is 75.6 Å². The van der Waals surface area contributed by atoms with Gasteiger partial charge in [0.1, 0.15) is 0 Å². The molecule has 0 aromatic carbocycles. The normalized spacial score (nSPS) is 43.0. The van der Waals surface area contributed by atoms with Crippen molar-refractivity contribution >= 4 is 11.9 Å². The van der Waals surface area contributed by atoms with E-state index in [9.17, 15) is 14.7 Å². The van der Waals surface area contributed by atoms with Crippen LogP contribution in [0.1, 0.15) is 52.9 Å². The third-order valence-electron chi connectivity index (χ3n) is 5.59. The Balaban J connectivity index is 1.68. The van der Waals surface area contributed by atoms with Crippen molar-refractivity contribution in [1.82, 2.24) is 5.32 Å². The standard InChI is InChI=1S/C17H27NO4/c1-9-6-10(8-17(2,3)7-9)18-15(19)13-11-4-5-12(22-11)14(13)16(20)21/h9-14H,4-8H2,1-3H3,(H,18,19)(H,20,21)/t9-,10+,11-,12-,13+,14-/m0/s1. The van der Waals surface area contributed by atoms with Crippen LogP contribution in [0.25, 0.3) is 0 Å². The molecule has 0 radical (unpaired) electrons. The van der Waals surface area contributed by atoms with Gasteiger partial charge in [-0.05, 0) is 43.4 Å². The SMILES string of the molecule is C[C@H]1C[C@@H](NC(=O)[C@H]2[C@@H](C(=O)O)[C@@H]3CC[C@@H]2O3)CC(C)(C)C1. The number of carbonyl (C=O) groups is 2. The van der Waals surface area contributed by atoms with E-state index in [-0.39, 0.29) is 29.6 Å². The van der Waals surface area contributed by atoms with Gasteiger partial charge in [0.15, 0.2) is 0 Å². The number of hydrogen-bond donors (Lipinski definition) is 2. The molecule has 0 aromatic heterocycles. The summed E-state index contributed by atoms with van der Waals surface area (Å²) in [6, 6.07) is 0.153. The Bertz CT molecular complexity index is 475. The van der Waals surface area contributed by atoms with Crippen molar-refractivity contribution in [2.24, 2.45) is 23.2 Å². The van der Waals surface area contributed by atoms with Gasteiger partial charge in [-0.25, -0.2) is 0 Å². The summed E-state index contributed by atoms with van der Waals surface area (Å²) in [4.78, 5) is 24.2. The fraction of sp³-hybridized carbons (Fsp3) is 0.882. The van der Waals surface area contributed by atoms with Gasteiger partial charge in [-0.1, -0.05) is 20.8 Å². The molecule has 5 nitrogen and oxygen atoms in total. The molecule has 2 saturated heterocycles. The van der Waals surface area contributed by atoms with Crippen molar-refractivity contribution in [2.45, 2.75) is 71.1 Å². The van der Waals surface area contributed by atoms with E-state index in [4.69, 9.17) is 4.74 Å². The van der Waals surface area contributed by atoms with Crippen LogP contribution in [0.2, 0.25) is 0 Å². The molecule has 3 fully saturated rings. The summed E-state index contributed by atoms with van der Waals surface area (Å²) in [5.41, 5.74) is 0.229. The van der Waals surface area contributed by atoms with E-state index in [1.165, 1.54) is 6.42 Å². The number of carboxylic acid groups (broad SMARTS) is 1. The number of ether oxygens (including phenoxy) is 1. The summed E-state index contributed by atoms with van der Waals surface area (Å²) in [5, 5.41) is 12.6. The number of hydrogen-bond acceptors (Lipinski definition) is 3. The van der Waals surface area contributed by atoms with Gasteiger partial charge in [0.05, 0.1) is 24.0 Å². The number of rotatable bonds is 3. The van der Waals surface area contributed by atoms with Crippen LogP contribution < -0.4 is 5.32 Å². The fourth-order valence-electron chi connectivity index (χ4n) is 5.08. The minimum Gasteiger partial charge on any atom is -0.481 e. The lowest BCUT2D eigenvalue weighted by atomic mass is 9.70. The zero-order valence-electron chi connectivity index (χ0n) is 13.7. The first-order valence-electron chi connectivity index (χ1n) is 8.45. The maximum absolute atomic E-state index is 12.7. The minimum absolute atomic E-state index is 0.116. The summed E-state index contributed by atoms with van der Waals surface area (Å²) in [5.74, 6) is -1.62. The Kier molecular flexibility index (Phi) is 3.96. The second-order valence-corrected chi connectivity index (χ2v) is 8.30. The molecular formula is C17H27NO4. The third-order valence-corrected chi connectivity index (χ3v) is 5.59. The lowest BCUT2D eigenvalue weighted by Crippen LogP contribution is -2.49. The predicted octanol–water partition coefficient (Wildman–Crippen LogP) is 2.20. The molecule has 5 heteroatoms. The van der Waals surface area contributed by atoms with Gasteiger partial charge >= 0.3 is 5.97 Å². The molecule has 2 heterocycles. The Hall–Kier alpha value is -1.10. The number of amides is 1. The summed E-state index contributed by atoms with van der Waals surface area (Å²) in [6.45, 7) is 6.70. The molecular weight excluding hydrogens is 282 g/mol. The van der Waals surface area contributed by atoms with Crippen LogP contribution in [0.5, 0.6) is 0 Å². The first-order valence-corrected chi connectivity index (χ1v) is 8.45. The summed E-state index contributed by atoms with van der Waals surface area (Å²) < 4.78 is 5.69. The van der Waals surface area contributed by atoms with Crippen LogP contribution in [0.15, 0.2) is 0 Å².